The van der Waals surface area contributed by atoms with E-state index in [1.165, 1.54) is 23.9 Å². The Bertz CT molecular complexity index is 833. The molecule has 2 aromatic rings. The number of benzene rings is 2. The molecule has 0 atom stereocenters. The van der Waals surface area contributed by atoms with E-state index in [-0.39, 0.29) is 11.7 Å². The Hall–Kier alpha value is -2.60. The zero-order valence-electron chi connectivity index (χ0n) is 12.7. The molecule has 1 fully saturated rings. The maximum atomic E-state index is 13.1. The van der Waals surface area contributed by atoms with Crippen molar-refractivity contribution in [3.63, 3.8) is 0 Å². The highest BCUT2D eigenvalue weighted by molar-refractivity contribution is 8.14. The van der Waals surface area contributed by atoms with Gasteiger partial charge in [0, 0.05) is 5.69 Å². The van der Waals surface area contributed by atoms with Gasteiger partial charge < -0.3 is 4.90 Å². The van der Waals surface area contributed by atoms with Crippen LogP contribution in [0, 0.1) is 5.82 Å². The highest BCUT2D eigenvalue weighted by Gasteiger charge is 2.35. The number of halogens is 1. The number of anilines is 1. The number of hydrogen-bond acceptors (Lipinski definition) is 4. The molecular weight excluding hydrogens is 325 g/mol. The number of aliphatic imine (C=N–C) groups is 1. The summed E-state index contributed by atoms with van der Waals surface area (Å²) < 4.78 is 13.1. The molecule has 4 nitrogen and oxygen atoms in total. The Balaban J connectivity index is 1.56. The third kappa shape index (κ3) is 2.80. The van der Waals surface area contributed by atoms with Crippen molar-refractivity contribution in [1.29, 1.82) is 0 Å². The van der Waals surface area contributed by atoms with Crippen molar-refractivity contribution in [2.24, 2.45) is 4.99 Å². The second kappa shape index (κ2) is 6.13. The molecule has 0 aliphatic carbocycles. The summed E-state index contributed by atoms with van der Waals surface area (Å²) in [4.78, 5) is 20.8. The minimum absolute atomic E-state index is 0.104. The second-order valence-electron chi connectivity index (χ2n) is 5.50. The number of thioether (sulfide) groups is 1. The zero-order chi connectivity index (χ0) is 16.5. The van der Waals surface area contributed by atoms with E-state index in [0.717, 1.165) is 16.4 Å². The van der Waals surface area contributed by atoms with Gasteiger partial charge in [0.1, 0.15) is 18.2 Å². The minimum Gasteiger partial charge on any atom is -0.343 e. The molecule has 120 valence electrons. The molecule has 0 unspecified atom stereocenters. The van der Waals surface area contributed by atoms with Crippen LogP contribution in [0.15, 0.2) is 65.3 Å². The Labute approximate surface area is 143 Å². The summed E-state index contributed by atoms with van der Waals surface area (Å²) in [7, 11) is 0. The first-order valence-corrected chi connectivity index (χ1v) is 8.50. The number of nitrogens with zero attached hydrogens (tertiary/aromatic N) is 3. The van der Waals surface area contributed by atoms with Gasteiger partial charge in [-0.3, -0.25) is 9.69 Å². The number of rotatable bonds is 2. The molecule has 2 aromatic carbocycles. The van der Waals surface area contributed by atoms with Gasteiger partial charge in [-0.1, -0.05) is 42.1 Å². The van der Waals surface area contributed by atoms with Crippen LogP contribution >= 0.6 is 11.8 Å². The predicted molar refractivity (Wildman–Crippen MR) is 94.9 cm³/mol. The number of carbonyl (C=O) groups excluding carboxylic acids is 1. The fourth-order valence-electron chi connectivity index (χ4n) is 2.63. The Morgan fingerprint density at radius 3 is 2.58 bits per heavy atom. The van der Waals surface area contributed by atoms with Crippen molar-refractivity contribution in [2.45, 2.75) is 0 Å². The molecule has 1 saturated heterocycles. The Morgan fingerprint density at radius 2 is 1.83 bits per heavy atom. The number of amidine groups is 1. The molecule has 4 rings (SSSR count). The quantitative estimate of drug-likeness (QED) is 0.785. The van der Waals surface area contributed by atoms with E-state index in [0.29, 0.717) is 18.2 Å². The van der Waals surface area contributed by atoms with Gasteiger partial charge in [-0.15, -0.1) is 0 Å². The summed E-state index contributed by atoms with van der Waals surface area (Å²) in [5, 5.41) is 0.723. The van der Waals surface area contributed by atoms with Crippen LogP contribution in [-0.2, 0) is 4.79 Å². The van der Waals surface area contributed by atoms with Crippen molar-refractivity contribution in [3.8, 4) is 0 Å². The second-order valence-corrected chi connectivity index (χ2v) is 6.41. The van der Waals surface area contributed by atoms with E-state index in [9.17, 15) is 9.18 Å². The largest absolute Gasteiger partial charge is 0.343 e. The van der Waals surface area contributed by atoms with Gasteiger partial charge in [-0.25, -0.2) is 9.38 Å². The van der Waals surface area contributed by atoms with Gasteiger partial charge in [-0.05, 0) is 35.9 Å². The van der Waals surface area contributed by atoms with Crippen molar-refractivity contribution in [3.05, 3.63) is 71.7 Å². The van der Waals surface area contributed by atoms with E-state index in [1.54, 1.807) is 23.1 Å². The standard InChI is InChI=1S/C18H14FN3OS/c19-14-6-8-15(9-7-14)21-11-22-17(23)16(20-18(22)24-12-21)10-13-4-2-1-3-5-13/h1-10H,11-12H2/b16-10-. The summed E-state index contributed by atoms with van der Waals surface area (Å²) in [5.41, 5.74) is 2.28. The maximum absolute atomic E-state index is 13.1. The highest BCUT2D eigenvalue weighted by Crippen LogP contribution is 2.30. The molecule has 0 radical (unpaired) electrons. The molecule has 0 bridgehead atoms. The molecule has 24 heavy (non-hydrogen) atoms. The molecule has 2 aliphatic heterocycles. The molecular formula is C18H14FN3OS. The fraction of sp³-hybridized carbons (Fsp3) is 0.111. The maximum Gasteiger partial charge on any atom is 0.280 e. The van der Waals surface area contributed by atoms with E-state index in [1.807, 2.05) is 35.2 Å². The Kier molecular flexibility index (Phi) is 3.82. The van der Waals surface area contributed by atoms with E-state index >= 15 is 0 Å². The summed E-state index contributed by atoms with van der Waals surface area (Å²) >= 11 is 1.51. The van der Waals surface area contributed by atoms with Crippen molar-refractivity contribution < 1.29 is 9.18 Å². The fourth-order valence-corrected chi connectivity index (χ4v) is 3.59. The van der Waals surface area contributed by atoms with Crippen LogP contribution in [0.1, 0.15) is 5.56 Å². The van der Waals surface area contributed by atoms with Crippen LogP contribution in [0.25, 0.3) is 6.08 Å². The minimum atomic E-state index is -0.268. The number of amides is 1. The van der Waals surface area contributed by atoms with Gasteiger partial charge in [0.25, 0.3) is 5.91 Å². The number of fused-ring (bicyclic) bond motifs is 1. The highest BCUT2D eigenvalue weighted by atomic mass is 32.2. The molecule has 1 amide bonds. The topological polar surface area (TPSA) is 35.9 Å². The predicted octanol–water partition coefficient (Wildman–Crippen LogP) is 3.53. The monoisotopic (exact) mass is 339 g/mol. The number of carbonyl (C=O) groups is 1. The van der Waals surface area contributed by atoms with E-state index < -0.39 is 0 Å². The molecule has 2 heterocycles. The van der Waals surface area contributed by atoms with Crippen LogP contribution in [0.3, 0.4) is 0 Å². The summed E-state index contributed by atoms with van der Waals surface area (Å²) in [6.07, 6.45) is 1.80. The lowest BCUT2D eigenvalue weighted by atomic mass is 10.2. The van der Waals surface area contributed by atoms with Crippen LogP contribution in [0.5, 0.6) is 0 Å². The van der Waals surface area contributed by atoms with Gasteiger partial charge in [0.15, 0.2) is 5.17 Å². The molecule has 0 N–H and O–H groups in total. The van der Waals surface area contributed by atoms with Crippen LogP contribution in [0.4, 0.5) is 10.1 Å². The smallest absolute Gasteiger partial charge is 0.280 e. The SMILES string of the molecule is O=C1/C(=C/c2ccccc2)N=C2SCN(c3ccc(F)cc3)CN12. The van der Waals surface area contributed by atoms with Crippen molar-refractivity contribution in [2.75, 3.05) is 17.4 Å². The van der Waals surface area contributed by atoms with E-state index in [2.05, 4.69) is 4.99 Å². The van der Waals surface area contributed by atoms with Crippen molar-refractivity contribution >= 4 is 34.6 Å². The average molecular weight is 339 g/mol. The third-order valence-corrected chi connectivity index (χ3v) is 4.88. The van der Waals surface area contributed by atoms with Gasteiger partial charge in [0.2, 0.25) is 0 Å². The normalized spacial score (nSPS) is 18.8. The Morgan fingerprint density at radius 1 is 1.08 bits per heavy atom. The molecule has 0 saturated carbocycles. The lowest BCUT2D eigenvalue weighted by molar-refractivity contribution is -0.122. The molecule has 0 aromatic heterocycles. The van der Waals surface area contributed by atoms with Crippen LogP contribution in [-0.4, -0.2) is 28.5 Å². The number of hydrogen-bond donors (Lipinski definition) is 0. The van der Waals surface area contributed by atoms with E-state index in [4.69, 9.17) is 0 Å². The van der Waals surface area contributed by atoms with Crippen LogP contribution in [0.2, 0.25) is 0 Å². The third-order valence-electron chi connectivity index (χ3n) is 3.87. The summed E-state index contributed by atoms with van der Waals surface area (Å²) in [5.74, 6) is 0.302. The first-order chi connectivity index (χ1) is 11.7. The van der Waals surface area contributed by atoms with Gasteiger partial charge in [-0.2, -0.15) is 0 Å². The van der Waals surface area contributed by atoms with Gasteiger partial charge >= 0.3 is 0 Å². The van der Waals surface area contributed by atoms with Gasteiger partial charge in [0.05, 0.1) is 5.88 Å². The first-order valence-electron chi connectivity index (χ1n) is 7.51. The van der Waals surface area contributed by atoms with Crippen LogP contribution < -0.4 is 4.90 Å². The lowest BCUT2D eigenvalue weighted by Gasteiger charge is -2.34. The van der Waals surface area contributed by atoms with Crippen molar-refractivity contribution in [1.82, 2.24) is 4.90 Å². The lowest BCUT2D eigenvalue weighted by Crippen LogP contribution is -2.46. The average Bonchev–Trinajstić information content (AvgIpc) is 2.92. The molecule has 2 aliphatic rings. The molecule has 6 heteroatoms. The summed E-state index contributed by atoms with van der Waals surface area (Å²) in [6, 6.07) is 16.0. The first kappa shape index (κ1) is 15.0. The zero-order valence-corrected chi connectivity index (χ0v) is 13.5. The summed E-state index contributed by atoms with van der Waals surface area (Å²) in [6.45, 7) is 0.419. The molecule has 0 spiro atoms.